The van der Waals surface area contributed by atoms with Crippen LogP contribution in [0, 0.1) is 0 Å². The van der Waals surface area contributed by atoms with E-state index in [9.17, 15) is 0 Å². The van der Waals surface area contributed by atoms with Gasteiger partial charge in [0.15, 0.2) is 5.82 Å². The number of nitrogens with zero attached hydrogens (tertiary/aromatic N) is 6. The van der Waals surface area contributed by atoms with Crippen LogP contribution < -0.4 is 0 Å². The third kappa shape index (κ3) is 6.17. The molecule has 0 atom stereocenters. The fourth-order valence-electron chi connectivity index (χ4n) is 12.7. The fourth-order valence-corrected chi connectivity index (χ4v) is 13.8. The van der Waals surface area contributed by atoms with Crippen LogP contribution in [0.25, 0.3) is 153 Å². The van der Waals surface area contributed by atoms with Crippen LogP contribution in [-0.4, -0.2) is 28.2 Å². The van der Waals surface area contributed by atoms with Gasteiger partial charge in [-0.1, -0.05) is 146 Å². The Morgan fingerprint density at radius 2 is 0.662 bits per heavy atom. The van der Waals surface area contributed by atoms with Gasteiger partial charge in [0.25, 0.3) is 0 Å². The average Bonchev–Trinajstić information content (AvgIpc) is 4.49. The van der Waals surface area contributed by atoms with E-state index in [-0.39, 0.29) is 0 Å². The van der Waals surface area contributed by atoms with E-state index in [1.807, 2.05) is 0 Å². The molecule has 358 valence electrons. The number of hydrogen-bond acceptors (Lipinski definition) is 3. The lowest BCUT2D eigenvalue weighted by Crippen LogP contribution is -1.98. The summed E-state index contributed by atoms with van der Waals surface area (Å²) in [4.78, 5) is 10.2. The normalized spacial score (nSPS) is 12.2. The van der Waals surface area contributed by atoms with Crippen LogP contribution >= 0.6 is 11.3 Å². The van der Waals surface area contributed by atoms with Gasteiger partial charge < -0.3 is 13.7 Å². The highest BCUT2D eigenvalue weighted by atomic mass is 32.1. The van der Waals surface area contributed by atoms with Crippen LogP contribution in [-0.2, 0) is 0 Å². The van der Waals surface area contributed by atoms with Gasteiger partial charge in [0.05, 0.1) is 54.4 Å². The van der Waals surface area contributed by atoms with Crippen LogP contribution in [0.3, 0.4) is 0 Å². The Labute approximate surface area is 444 Å². The van der Waals surface area contributed by atoms with Gasteiger partial charge in [0.1, 0.15) is 6.33 Å². The zero-order valence-corrected chi connectivity index (χ0v) is 42.2. The summed E-state index contributed by atoms with van der Waals surface area (Å²) < 4.78 is 11.8. The molecular weight excluding hydrogens is 957 g/mol. The SMILES string of the molecule is c1ccc(-n2c3ccccc3c3cc(-c4ccc5c6ccccc6n(-c6ccc7sc8c(-n9c%10ccccc%10c%10ccc(-c%11ccc%12c(c%11)c%11ccccc%11n%12-c%11ccccc%11)cc%109)ncnc8c7c6)c5c4)ccc32)cc1. The summed E-state index contributed by atoms with van der Waals surface area (Å²) in [6.07, 6.45) is 1.75. The minimum Gasteiger partial charge on any atom is -0.309 e. The highest BCUT2D eigenvalue weighted by molar-refractivity contribution is 7.26. The van der Waals surface area contributed by atoms with Gasteiger partial charge in [-0.05, 0) is 125 Å². The lowest BCUT2D eigenvalue weighted by molar-refractivity contribution is 1.08. The minimum absolute atomic E-state index is 0.882. The van der Waals surface area contributed by atoms with Crippen molar-refractivity contribution in [2.75, 3.05) is 0 Å². The van der Waals surface area contributed by atoms with Gasteiger partial charge in [-0.2, -0.15) is 0 Å². The molecule has 0 aliphatic rings. The third-order valence-corrected chi connectivity index (χ3v) is 17.2. The minimum atomic E-state index is 0.882. The molecule has 0 saturated carbocycles. The highest BCUT2D eigenvalue weighted by Gasteiger charge is 2.22. The Morgan fingerprint density at radius 3 is 1.19 bits per heavy atom. The third-order valence-electron chi connectivity index (χ3n) is 16.1. The van der Waals surface area contributed by atoms with Gasteiger partial charge in [-0.15, -0.1) is 11.3 Å². The topological polar surface area (TPSA) is 45.5 Å². The van der Waals surface area contributed by atoms with Crippen molar-refractivity contribution >= 4 is 119 Å². The predicted octanol–water partition coefficient (Wildman–Crippen LogP) is 18.6. The van der Waals surface area contributed by atoms with E-state index >= 15 is 0 Å². The van der Waals surface area contributed by atoms with Gasteiger partial charge in [0.2, 0.25) is 0 Å². The summed E-state index contributed by atoms with van der Waals surface area (Å²) in [5, 5.41) is 10.9. The Morgan fingerprint density at radius 1 is 0.260 bits per heavy atom. The van der Waals surface area contributed by atoms with Crippen molar-refractivity contribution in [2.45, 2.75) is 0 Å². The van der Waals surface area contributed by atoms with Gasteiger partial charge >= 0.3 is 0 Å². The lowest BCUT2D eigenvalue weighted by Gasteiger charge is -2.10. The lowest BCUT2D eigenvalue weighted by atomic mass is 10.0. The Bertz CT molecular complexity index is 5290. The van der Waals surface area contributed by atoms with Gasteiger partial charge in [0, 0.05) is 70.2 Å². The van der Waals surface area contributed by atoms with Crippen molar-refractivity contribution in [2.24, 2.45) is 0 Å². The first-order chi connectivity index (χ1) is 38.2. The smallest absolute Gasteiger partial charge is 0.159 e. The zero-order chi connectivity index (χ0) is 50.3. The molecule has 6 nitrogen and oxygen atoms in total. The van der Waals surface area contributed by atoms with Crippen LogP contribution in [0.5, 0.6) is 0 Å². The van der Waals surface area contributed by atoms with Crippen LogP contribution in [0.4, 0.5) is 0 Å². The van der Waals surface area contributed by atoms with Crippen molar-refractivity contribution < 1.29 is 0 Å². The molecule has 11 aromatic carbocycles. The standard InChI is InChI=1S/C70H42N6S/c1-3-15-47(16-4-1)73-60-24-12-9-21-52(60)56-37-43(29-34-63(56)73)45-27-32-54-50-19-7-11-23-59(50)75(65(54)39-45)49-31-36-67-58(41-49)68-69(77-67)70(72-42-71-68)76-62-26-14-8-20-51(62)55-33-28-46(40-66(55)76)44-30-35-64-57(38-44)53-22-10-13-25-61(53)74(64)48-17-5-2-6-18-48/h1-42H. The number of rotatable bonds is 6. The first-order valence-corrected chi connectivity index (χ1v) is 26.9. The largest absolute Gasteiger partial charge is 0.309 e. The second-order valence-electron chi connectivity index (χ2n) is 20.2. The molecule has 6 aromatic heterocycles. The molecule has 0 unspecified atom stereocenters. The van der Waals surface area contributed by atoms with Crippen molar-refractivity contribution in [3.8, 4) is 45.1 Å². The van der Waals surface area contributed by atoms with Crippen molar-refractivity contribution in [3.63, 3.8) is 0 Å². The Balaban J connectivity index is 0.812. The second-order valence-corrected chi connectivity index (χ2v) is 21.2. The van der Waals surface area contributed by atoms with E-state index in [1.54, 1.807) is 17.7 Å². The molecule has 0 amide bonds. The number of para-hydroxylation sites is 6. The molecule has 0 aliphatic carbocycles. The molecule has 0 spiro atoms. The van der Waals surface area contributed by atoms with Crippen LogP contribution in [0.15, 0.2) is 255 Å². The van der Waals surface area contributed by atoms with E-state index in [4.69, 9.17) is 9.97 Å². The van der Waals surface area contributed by atoms with Gasteiger partial charge in [-0.3, -0.25) is 4.57 Å². The van der Waals surface area contributed by atoms with Crippen LogP contribution in [0.2, 0.25) is 0 Å². The number of fused-ring (bicyclic) bond motifs is 15. The first kappa shape index (κ1) is 42.3. The molecule has 6 heterocycles. The van der Waals surface area contributed by atoms with Crippen LogP contribution in [0.1, 0.15) is 0 Å². The van der Waals surface area contributed by atoms with E-state index in [2.05, 4.69) is 267 Å². The van der Waals surface area contributed by atoms with Crippen molar-refractivity contribution in [1.29, 1.82) is 0 Å². The first-order valence-electron chi connectivity index (χ1n) is 26.1. The van der Waals surface area contributed by atoms with Crippen molar-refractivity contribution in [1.82, 2.24) is 28.2 Å². The number of thiophene rings is 1. The Kier molecular flexibility index (Phi) is 8.90. The molecule has 7 heteroatoms. The molecule has 17 rings (SSSR count). The summed E-state index contributed by atoms with van der Waals surface area (Å²) in [5.74, 6) is 0.882. The van der Waals surface area contributed by atoms with E-state index in [1.165, 1.54) is 86.5 Å². The number of hydrogen-bond donors (Lipinski definition) is 0. The summed E-state index contributed by atoms with van der Waals surface area (Å²) in [7, 11) is 0. The zero-order valence-electron chi connectivity index (χ0n) is 41.3. The number of aromatic nitrogens is 6. The molecule has 0 bridgehead atoms. The monoisotopic (exact) mass is 998 g/mol. The molecule has 0 fully saturated rings. The molecule has 0 saturated heterocycles. The molecule has 0 radical (unpaired) electrons. The summed E-state index contributed by atoms with van der Waals surface area (Å²) in [5.41, 5.74) is 18.3. The molecular formula is C70H42N6S. The molecule has 0 aliphatic heterocycles. The quantitative estimate of drug-likeness (QED) is 0.167. The predicted molar refractivity (Wildman–Crippen MR) is 323 cm³/mol. The molecule has 17 aromatic rings. The van der Waals surface area contributed by atoms with E-state index < -0.39 is 0 Å². The average molecular weight is 999 g/mol. The second kappa shape index (κ2) is 16.2. The molecule has 77 heavy (non-hydrogen) atoms. The Hall–Kier alpha value is -10.1. The maximum atomic E-state index is 5.15. The van der Waals surface area contributed by atoms with Gasteiger partial charge in [-0.25, -0.2) is 9.97 Å². The maximum absolute atomic E-state index is 5.15. The van der Waals surface area contributed by atoms with Crippen molar-refractivity contribution in [3.05, 3.63) is 255 Å². The highest BCUT2D eigenvalue weighted by Crippen LogP contribution is 2.44. The van der Waals surface area contributed by atoms with E-state index in [0.717, 1.165) is 66.1 Å². The summed E-state index contributed by atoms with van der Waals surface area (Å²) in [6, 6.07) is 90.9. The maximum Gasteiger partial charge on any atom is 0.159 e. The van der Waals surface area contributed by atoms with E-state index in [0.29, 0.717) is 0 Å². The summed E-state index contributed by atoms with van der Waals surface area (Å²) >= 11 is 1.76. The molecule has 0 N–H and O–H groups in total. The summed E-state index contributed by atoms with van der Waals surface area (Å²) in [6.45, 7) is 0. The number of benzene rings is 11. The fraction of sp³-hybridized carbons (Fsp3) is 0.